The zero-order valence-corrected chi connectivity index (χ0v) is 13.7. The van der Waals surface area contributed by atoms with Gasteiger partial charge in [-0.25, -0.2) is 14.8 Å². The molecule has 1 N–H and O–H groups in total. The van der Waals surface area contributed by atoms with E-state index in [1.165, 1.54) is 0 Å². The molecule has 0 radical (unpaired) electrons. The third-order valence-electron chi connectivity index (χ3n) is 3.33. The Morgan fingerprint density at radius 1 is 1.26 bits per heavy atom. The smallest absolute Gasteiger partial charge is 0.338 e. The Morgan fingerprint density at radius 3 is 2.57 bits per heavy atom. The normalized spacial score (nSPS) is 10.2. The van der Waals surface area contributed by atoms with Crippen molar-refractivity contribution < 1.29 is 9.53 Å². The molecule has 0 atom stereocenters. The summed E-state index contributed by atoms with van der Waals surface area (Å²) in [5.41, 5.74) is 3.32. The van der Waals surface area contributed by atoms with Gasteiger partial charge in [-0.05, 0) is 51.5 Å². The van der Waals surface area contributed by atoms with Crippen molar-refractivity contribution in [3.05, 3.63) is 59.6 Å². The van der Waals surface area contributed by atoms with E-state index >= 15 is 0 Å². The summed E-state index contributed by atoms with van der Waals surface area (Å²) in [6.45, 7) is 9.75. The van der Waals surface area contributed by atoms with Crippen LogP contribution < -0.4 is 5.32 Å². The summed E-state index contributed by atoms with van der Waals surface area (Å²) in [7, 11) is 0. The highest BCUT2D eigenvalue weighted by molar-refractivity contribution is 5.89. The molecule has 0 unspecified atom stereocenters. The third-order valence-corrected chi connectivity index (χ3v) is 3.33. The largest absolute Gasteiger partial charge is 0.462 e. The minimum absolute atomic E-state index is 0.319. The molecule has 5 heteroatoms. The SMILES string of the molecule is C=CCc1c(C)nc(C)nc1Nc1ccc(C(=O)OCC)cc1. The predicted octanol–water partition coefficient (Wildman–Crippen LogP) is 3.74. The molecule has 0 aliphatic rings. The van der Waals surface area contributed by atoms with Gasteiger partial charge in [0.2, 0.25) is 0 Å². The Bertz CT molecular complexity index is 709. The fourth-order valence-electron chi connectivity index (χ4n) is 2.27. The maximum Gasteiger partial charge on any atom is 0.338 e. The number of nitrogens with zero attached hydrogens (tertiary/aromatic N) is 2. The molecule has 0 spiro atoms. The van der Waals surface area contributed by atoms with Crippen molar-refractivity contribution in [1.82, 2.24) is 9.97 Å². The number of benzene rings is 1. The van der Waals surface area contributed by atoms with Crippen molar-refractivity contribution in [2.45, 2.75) is 27.2 Å². The Hall–Kier alpha value is -2.69. The van der Waals surface area contributed by atoms with E-state index in [1.54, 1.807) is 19.1 Å². The van der Waals surface area contributed by atoms with E-state index < -0.39 is 0 Å². The van der Waals surface area contributed by atoms with Gasteiger partial charge in [0.15, 0.2) is 0 Å². The molecule has 0 aliphatic heterocycles. The van der Waals surface area contributed by atoms with E-state index in [4.69, 9.17) is 4.74 Å². The summed E-state index contributed by atoms with van der Waals surface area (Å²) in [5, 5.41) is 3.29. The number of ether oxygens (including phenoxy) is 1. The second-order valence-electron chi connectivity index (χ2n) is 5.10. The Labute approximate surface area is 136 Å². The summed E-state index contributed by atoms with van der Waals surface area (Å²) >= 11 is 0. The quantitative estimate of drug-likeness (QED) is 0.650. The van der Waals surface area contributed by atoms with E-state index in [-0.39, 0.29) is 5.97 Å². The van der Waals surface area contributed by atoms with E-state index in [9.17, 15) is 4.79 Å². The van der Waals surface area contributed by atoms with Crippen LogP contribution in [0.3, 0.4) is 0 Å². The molecule has 23 heavy (non-hydrogen) atoms. The van der Waals surface area contributed by atoms with Crippen LogP contribution in [0.2, 0.25) is 0 Å². The van der Waals surface area contributed by atoms with Crippen LogP contribution in [0.4, 0.5) is 11.5 Å². The number of hydrogen-bond donors (Lipinski definition) is 1. The van der Waals surface area contributed by atoms with Crippen molar-refractivity contribution in [1.29, 1.82) is 0 Å². The second-order valence-corrected chi connectivity index (χ2v) is 5.10. The van der Waals surface area contributed by atoms with Gasteiger partial charge in [0, 0.05) is 16.9 Å². The number of nitrogens with one attached hydrogen (secondary N) is 1. The molecule has 120 valence electrons. The van der Waals surface area contributed by atoms with E-state index in [2.05, 4.69) is 21.9 Å². The fraction of sp³-hybridized carbons (Fsp3) is 0.278. The molecule has 0 saturated carbocycles. The van der Waals surface area contributed by atoms with Gasteiger partial charge < -0.3 is 10.1 Å². The van der Waals surface area contributed by atoms with E-state index in [1.807, 2.05) is 32.1 Å². The monoisotopic (exact) mass is 311 g/mol. The van der Waals surface area contributed by atoms with Crippen LogP contribution in [0.25, 0.3) is 0 Å². The molecule has 0 amide bonds. The van der Waals surface area contributed by atoms with Crippen LogP contribution >= 0.6 is 0 Å². The highest BCUT2D eigenvalue weighted by atomic mass is 16.5. The van der Waals surface area contributed by atoms with Crippen molar-refractivity contribution in [3.63, 3.8) is 0 Å². The van der Waals surface area contributed by atoms with Gasteiger partial charge in [-0.15, -0.1) is 6.58 Å². The maximum absolute atomic E-state index is 11.7. The summed E-state index contributed by atoms with van der Waals surface area (Å²) in [4.78, 5) is 20.5. The number of allylic oxidation sites excluding steroid dienone is 1. The first-order valence-electron chi connectivity index (χ1n) is 7.54. The van der Waals surface area contributed by atoms with Crippen LogP contribution in [0.15, 0.2) is 36.9 Å². The van der Waals surface area contributed by atoms with Crippen molar-refractivity contribution in [2.24, 2.45) is 0 Å². The van der Waals surface area contributed by atoms with Gasteiger partial charge in [0.05, 0.1) is 12.2 Å². The van der Waals surface area contributed by atoms with Crippen molar-refractivity contribution >= 4 is 17.5 Å². The number of hydrogen-bond acceptors (Lipinski definition) is 5. The lowest BCUT2D eigenvalue weighted by Crippen LogP contribution is -2.06. The van der Waals surface area contributed by atoms with Gasteiger partial charge in [0.25, 0.3) is 0 Å². The standard InChI is InChI=1S/C18H21N3O2/c1-5-7-16-12(3)19-13(4)20-17(16)21-15-10-8-14(9-11-15)18(22)23-6-2/h5,8-11H,1,6-7H2,2-4H3,(H,19,20,21). The highest BCUT2D eigenvalue weighted by Gasteiger charge is 2.10. The minimum Gasteiger partial charge on any atom is -0.462 e. The first kappa shape index (κ1) is 16.7. The minimum atomic E-state index is -0.319. The second kappa shape index (κ2) is 7.54. The van der Waals surface area contributed by atoms with Crippen LogP contribution in [-0.4, -0.2) is 22.5 Å². The molecule has 0 fully saturated rings. The predicted molar refractivity (Wildman–Crippen MR) is 91.1 cm³/mol. The summed E-state index contributed by atoms with van der Waals surface area (Å²) in [6, 6.07) is 7.12. The average Bonchev–Trinajstić information content (AvgIpc) is 2.51. The van der Waals surface area contributed by atoms with Gasteiger partial charge in [-0.1, -0.05) is 6.08 Å². The lowest BCUT2D eigenvalue weighted by molar-refractivity contribution is 0.0526. The molecule has 0 aliphatic carbocycles. The van der Waals surface area contributed by atoms with Crippen LogP contribution in [0.1, 0.15) is 34.4 Å². The molecular weight excluding hydrogens is 290 g/mol. The van der Waals surface area contributed by atoms with Crippen molar-refractivity contribution in [2.75, 3.05) is 11.9 Å². The number of aryl methyl sites for hydroxylation is 2. The Balaban J connectivity index is 2.25. The molecule has 1 heterocycles. The van der Waals surface area contributed by atoms with Crippen LogP contribution in [0, 0.1) is 13.8 Å². The number of rotatable bonds is 6. The number of carbonyl (C=O) groups is 1. The first-order chi connectivity index (χ1) is 11.0. The summed E-state index contributed by atoms with van der Waals surface area (Å²) in [6.07, 6.45) is 2.52. The average molecular weight is 311 g/mol. The van der Waals surface area contributed by atoms with Crippen LogP contribution in [-0.2, 0) is 11.2 Å². The lowest BCUT2D eigenvalue weighted by atomic mass is 10.1. The van der Waals surface area contributed by atoms with Gasteiger partial charge in [-0.2, -0.15) is 0 Å². The molecule has 5 nitrogen and oxygen atoms in total. The zero-order valence-electron chi connectivity index (χ0n) is 13.7. The molecule has 0 bridgehead atoms. The lowest BCUT2D eigenvalue weighted by Gasteiger charge is -2.13. The van der Waals surface area contributed by atoms with E-state index in [0.717, 1.165) is 22.8 Å². The maximum atomic E-state index is 11.7. The molecule has 0 saturated heterocycles. The van der Waals surface area contributed by atoms with E-state index in [0.29, 0.717) is 24.4 Å². The molecule has 1 aromatic carbocycles. The molecular formula is C18H21N3O2. The highest BCUT2D eigenvalue weighted by Crippen LogP contribution is 2.22. The Morgan fingerprint density at radius 2 is 1.96 bits per heavy atom. The van der Waals surface area contributed by atoms with Gasteiger partial charge in [0.1, 0.15) is 11.6 Å². The van der Waals surface area contributed by atoms with Gasteiger partial charge >= 0.3 is 5.97 Å². The summed E-state index contributed by atoms with van der Waals surface area (Å²) in [5.74, 6) is 1.15. The van der Waals surface area contributed by atoms with Gasteiger partial charge in [-0.3, -0.25) is 0 Å². The number of carbonyl (C=O) groups excluding carboxylic acids is 1. The first-order valence-corrected chi connectivity index (χ1v) is 7.54. The fourth-order valence-corrected chi connectivity index (χ4v) is 2.27. The molecule has 1 aromatic heterocycles. The molecule has 2 rings (SSSR count). The van der Waals surface area contributed by atoms with Crippen LogP contribution in [0.5, 0.6) is 0 Å². The number of aromatic nitrogens is 2. The van der Waals surface area contributed by atoms with Crippen molar-refractivity contribution in [3.8, 4) is 0 Å². The number of esters is 1. The zero-order chi connectivity index (χ0) is 16.8. The Kier molecular flexibility index (Phi) is 5.46. The number of anilines is 2. The third kappa shape index (κ3) is 4.16. The molecule has 2 aromatic rings. The summed E-state index contributed by atoms with van der Waals surface area (Å²) < 4.78 is 4.98. The topological polar surface area (TPSA) is 64.1 Å².